The third kappa shape index (κ3) is 2.05. The highest BCUT2D eigenvalue weighted by Crippen LogP contribution is 2.31. The predicted octanol–water partition coefficient (Wildman–Crippen LogP) is 1.82. The lowest BCUT2D eigenvalue weighted by molar-refractivity contribution is 0.0608. The summed E-state index contributed by atoms with van der Waals surface area (Å²) in [7, 11) is 0. The van der Waals surface area contributed by atoms with Gasteiger partial charge in [-0.1, -0.05) is 0 Å². The van der Waals surface area contributed by atoms with Gasteiger partial charge in [-0.3, -0.25) is 9.89 Å². The summed E-state index contributed by atoms with van der Waals surface area (Å²) in [4.78, 5) is 19.2. The first-order valence-electron chi connectivity index (χ1n) is 7.43. The van der Waals surface area contributed by atoms with Gasteiger partial charge in [0.05, 0.1) is 17.9 Å². The number of H-pyrrole nitrogens is 1. The molecule has 1 atom stereocenters. The van der Waals surface area contributed by atoms with Crippen molar-refractivity contribution in [3.05, 3.63) is 48.2 Å². The number of hydrogen-bond donors (Lipinski definition) is 1. The Kier molecular flexibility index (Phi) is 3.10. The number of nitrogens with zero attached hydrogens (tertiary/aromatic N) is 5. The number of nitrogens with one attached hydrogen (secondary N) is 1. The van der Waals surface area contributed by atoms with E-state index in [-0.39, 0.29) is 11.9 Å². The minimum atomic E-state index is -0.0204. The maximum absolute atomic E-state index is 13.0. The fourth-order valence-corrected chi connectivity index (χ4v) is 3.08. The van der Waals surface area contributed by atoms with Crippen molar-refractivity contribution < 1.29 is 4.79 Å². The predicted molar refractivity (Wildman–Crippen MR) is 79.2 cm³/mol. The SMILES string of the molecule is O=C(c1cnn2cccnc12)N1CCCCC1c1ccn[nH]1. The van der Waals surface area contributed by atoms with Crippen molar-refractivity contribution in [1.82, 2.24) is 29.7 Å². The van der Waals surface area contributed by atoms with Crippen molar-refractivity contribution in [2.45, 2.75) is 25.3 Å². The van der Waals surface area contributed by atoms with E-state index < -0.39 is 0 Å². The number of likely N-dealkylation sites (tertiary alicyclic amines) is 1. The van der Waals surface area contributed by atoms with Gasteiger partial charge >= 0.3 is 0 Å². The van der Waals surface area contributed by atoms with Gasteiger partial charge in [0.2, 0.25) is 0 Å². The molecule has 3 aromatic rings. The van der Waals surface area contributed by atoms with Gasteiger partial charge in [0.15, 0.2) is 5.65 Å². The maximum Gasteiger partial charge on any atom is 0.259 e. The van der Waals surface area contributed by atoms with E-state index in [1.807, 2.05) is 11.0 Å². The minimum absolute atomic E-state index is 0.0204. The van der Waals surface area contributed by atoms with Crippen LogP contribution < -0.4 is 0 Å². The molecular formula is C15H16N6O. The fraction of sp³-hybridized carbons (Fsp3) is 0.333. The van der Waals surface area contributed by atoms with Crippen LogP contribution in [-0.4, -0.2) is 42.1 Å². The van der Waals surface area contributed by atoms with E-state index in [1.165, 1.54) is 0 Å². The quantitative estimate of drug-likeness (QED) is 0.782. The summed E-state index contributed by atoms with van der Waals surface area (Å²) in [6.45, 7) is 0.743. The number of aromatic nitrogens is 5. The number of piperidine rings is 1. The smallest absolute Gasteiger partial charge is 0.259 e. The van der Waals surface area contributed by atoms with Crippen molar-refractivity contribution in [3.8, 4) is 0 Å². The van der Waals surface area contributed by atoms with Crippen LogP contribution in [0.5, 0.6) is 0 Å². The van der Waals surface area contributed by atoms with E-state index in [1.54, 1.807) is 35.4 Å². The van der Waals surface area contributed by atoms with Gasteiger partial charge in [0.25, 0.3) is 5.91 Å². The third-order valence-electron chi connectivity index (χ3n) is 4.15. The molecule has 1 unspecified atom stereocenters. The molecule has 1 aliphatic heterocycles. The lowest BCUT2D eigenvalue weighted by atomic mass is 9.98. The molecule has 22 heavy (non-hydrogen) atoms. The van der Waals surface area contributed by atoms with Crippen LogP contribution in [0, 0.1) is 0 Å². The van der Waals surface area contributed by atoms with Gasteiger partial charge in [0.1, 0.15) is 5.56 Å². The van der Waals surface area contributed by atoms with Gasteiger partial charge in [-0.25, -0.2) is 9.50 Å². The Balaban J connectivity index is 1.71. The van der Waals surface area contributed by atoms with E-state index in [2.05, 4.69) is 20.3 Å². The molecule has 0 saturated carbocycles. The molecule has 0 aromatic carbocycles. The topological polar surface area (TPSA) is 79.2 Å². The summed E-state index contributed by atoms with van der Waals surface area (Å²) in [6.07, 6.45) is 9.87. The molecule has 0 spiro atoms. The molecule has 0 bridgehead atoms. The first kappa shape index (κ1) is 13.0. The fourth-order valence-electron chi connectivity index (χ4n) is 3.08. The van der Waals surface area contributed by atoms with Gasteiger partial charge in [-0.05, 0) is 31.4 Å². The van der Waals surface area contributed by atoms with Crippen LogP contribution in [0.2, 0.25) is 0 Å². The number of hydrogen-bond acceptors (Lipinski definition) is 4. The van der Waals surface area contributed by atoms with Crippen molar-refractivity contribution in [2.75, 3.05) is 6.54 Å². The molecule has 1 fully saturated rings. The molecular weight excluding hydrogens is 280 g/mol. The van der Waals surface area contributed by atoms with Gasteiger partial charge in [-0.15, -0.1) is 0 Å². The van der Waals surface area contributed by atoms with Crippen LogP contribution in [0.15, 0.2) is 36.9 Å². The highest BCUT2D eigenvalue weighted by molar-refractivity contribution is 5.99. The monoisotopic (exact) mass is 296 g/mol. The number of carbonyl (C=O) groups is 1. The number of rotatable bonds is 2. The average Bonchev–Trinajstić information content (AvgIpc) is 3.24. The van der Waals surface area contributed by atoms with Crippen LogP contribution in [0.25, 0.3) is 5.65 Å². The van der Waals surface area contributed by atoms with Gasteiger partial charge in [-0.2, -0.15) is 10.2 Å². The summed E-state index contributed by atoms with van der Waals surface area (Å²) < 4.78 is 1.63. The molecule has 0 radical (unpaired) electrons. The zero-order valence-electron chi connectivity index (χ0n) is 12.0. The van der Waals surface area contributed by atoms with Crippen molar-refractivity contribution in [1.29, 1.82) is 0 Å². The van der Waals surface area contributed by atoms with Gasteiger partial charge < -0.3 is 4.90 Å². The van der Waals surface area contributed by atoms with E-state index >= 15 is 0 Å². The Morgan fingerprint density at radius 1 is 1.32 bits per heavy atom. The molecule has 3 aromatic heterocycles. The van der Waals surface area contributed by atoms with Crippen LogP contribution in [0.4, 0.5) is 0 Å². The minimum Gasteiger partial charge on any atom is -0.330 e. The van der Waals surface area contributed by atoms with Gasteiger partial charge in [0, 0.05) is 25.1 Å². The Labute approximate surface area is 127 Å². The second kappa shape index (κ2) is 5.25. The van der Waals surface area contributed by atoms with E-state index in [0.717, 1.165) is 31.5 Å². The largest absolute Gasteiger partial charge is 0.330 e. The lowest BCUT2D eigenvalue weighted by Gasteiger charge is -2.34. The Morgan fingerprint density at radius 3 is 3.14 bits per heavy atom. The Morgan fingerprint density at radius 2 is 2.27 bits per heavy atom. The standard InChI is InChI=1S/C15H16N6O/c22-15(11-10-18-21-9-3-6-16-14(11)21)20-8-2-1-4-13(20)12-5-7-17-19-12/h3,5-7,9-10,13H,1-2,4,8H2,(H,17,19). The average molecular weight is 296 g/mol. The van der Waals surface area contributed by atoms with Crippen molar-refractivity contribution in [3.63, 3.8) is 0 Å². The highest BCUT2D eigenvalue weighted by Gasteiger charge is 2.31. The lowest BCUT2D eigenvalue weighted by Crippen LogP contribution is -2.38. The number of amides is 1. The molecule has 7 heteroatoms. The first-order valence-corrected chi connectivity index (χ1v) is 7.43. The summed E-state index contributed by atoms with van der Waals surface area (Å²) in [5, 5.41) is 11.2. The first-order chi connectivity index (χ1) is 10.8. The van der Waals surface area contributed by atoms with Crippen LogP contribution in [0.1, 0.15) is 41.4 Å². The number of carbonyl (C=O) groups excluding carboxylic acids is 1. The molecule has 112 valence electrons. The molecule has 4 rings (SSSR count). The molecule has 1 saturated heterocycles. The Hall–Kier alpha value is -2.70. The van der Waals surface area contributed by atoms with Crippen molar-refractivity contribution in [2.24, 2.45) is 0 Å². The number of aromatic amines is 1. The highest BCUT2D eigenvalue weighted by atomic mass is 16.2. The van der Waals surface area contributed by atoms with Crippen LogP contribution >= 0.6 is 0 Å². The second-order valence-corrected chi connectivity index (χ2v) is 5.47. The van der Waals surface area contributed by atoms with Crippen molar-refractivity contribution >= 4 is 11.6 Å². The summed E-state index contributed by atoms with van der Waals surface area (Å²) >= 11 is 0. The maximum atomic E-state index is 13.0. The summed E-state index contributed by atoms with van der Waals surface area (Å²) in [6, 6.07) is 3.77. The molecule has 1 aliphatic rings. The molecule has 1 N–H and O–H groups in total. The summed E-state index contributed by atoms with van der Waals surface area (Å²) in [5.74, 6) is -0.0204. The van der Waals surface area contributed by atoms with E-state index in [4.69, 9.17) is 0 Å². The molecule has 4 heterocycles. The van der Waals surface area contributed by atoms with Crippen LogP contribution in [-0.2, 0) is 0 Å². The molecule has 7 nitrogen and oxygen atoms in total. The molecule has 1 amide bonds. The second-order valence-electron chi connectivity index (χ2n) is 5.47. The zero-order chi connectivity index (χ0) is 14.9. The van der Waals surface area contributed by atoms with E-state index in [9.17, 15) is 4.79 Å². The van der Waals surface area contributed by atoms with E-state index in [0.29, 0.717) is 11.2 Å². The summed E-state index contributed by atoms with van der Waals surface area (Å²) in [5.41, 5.74) is 2.13. The van der Waals surface area contributed by atoms with Crippen LogP contribution in [0.3, 0.4) is 0 Å². The number of fused-ring (bicyclic) bond motifs is 1. The third-order valence-corrected chi connectivity index (χ3v) is 4.15. The normalized spacial score (nSPS) is 18.7. The Bertz CT molecular complexity index is 793. The zero-order valence-corrected chi connectivity index (χ0v) is 12.0. The molecule has 0 aliphatic carbocycles.